The van der Waals surface area contributed by atoms with Gasteiger partial charge in [0, 0.05) is 4.88 Å². The summed E-state index contributed by atoms with van der Waals surface area (Å²) in [6.45, 7) is 3.83. The van der Waals surface area contributed by atoms with Crippen LogP contribution in [0.15, 0.2) is 18.2 Å². The summed E-state index contributed by atoms with van der Waals surface area (Å²) in [5.41, 5.74) is 2.24. The number of carbonyl (C=O) groups excluding carboxylic acids is 3. The maximum Gasteiger partial charge on any atom is 0.341 e. The minimum Gasteiger partial charge on any atom is -0.465 e. The van der Waals surface area contributed by atoms with Crippen LogP contribution in [0.5, 0.6) is 0 Å². The van der Waals surface area contributed by atoms with Gasteiger partial charge < -0.3 is 24.8 Å². The first kappa shape index (κ1) is 23.7. The van der Waals surface area contributed by atoms with Crippen molar-refractivity contribution in [3.63, 3.8) is 0 Å². The molecule has 0 fully saturated rings. The molecule has 0 aliphatic heterocycles. The normalized spacial score (nSPS) is 12.0. The smallest absolute Gasteiger partial charge is 0.341 e. The van der Waals surface area contributed by atoms with Crippen molar-refractivity contribution in [2.75, 3.05) is 31.0 Å². The van der Waals surface area contributed by atoms with Crippen LogP contribution in [0.2, 0.25) is 0 Å². The molecule has 10 heteroatoms. The Bertz CT molecular complexity index is 1060. The largest absolute Gasteiger partial charge is 0.465 e. The van der Waals surface area contributed by atoms with Gasteiger partial charge in [-0.05, 0) is 69.1 Å². The van der Waals surface area contributed by atoms with Crippen molar-refractivity contribution in [1.29, 1.82) is 0 Å². The first-order valence-electron chi connectivity index (χ1n) is 10.2. The van der Waals surface area contributed by atoms with E-state index >= 15 is 0 Å². The van der Waals surface area contributed by atoms with Crippen molar-refractivity contribution in [3.05, 3.63) is 45.3 Å². The molecule has 0 spiro atoms. The molecule has 1 aromatic carbocycles. The number of hydrogen-bond donors (Lipinski definition) is 2. The van der Waals surface area contributed by atoms with E-state index in [9.17, 15) is 14.4 Å². The van der Waals surface area contributed by atoms with E-state index in [1.807, 2.05) is 0 Å². The van der Waals surface area contributed by atoms with E-state index in [0.717, 1.165) is 29.7 Å². The van der Waals surface area contributed by atoms with E-state index in [2.05, 4.69) is 10.6 Å². The number of ether oxygens (including phenoxy) is 3. The number of benzene rings is 1. The number of fused-ring (bicyclic) bond motifs is 1. The monoisotopic (exact) mass is 476 g/mol. The van der Waals surface area contributed by atoms with Gasteiger partial charge in [0.25, 0.3) is 0 Å². The molecule has 32 heavy (non-hydrogen) atoms. The summed E-state index contributed by atoms with van der Waals surface area (Å²) in [5.74, 6) is -1.50. The van der Waals surface area contributed by atoms with Crippen molar-refractivity contribution >= 4 is 57.3 Å². The number of thiocarbonyl (C=S) groups is 1. The Morgan fingerprint density at radius 2 is 1.75 bits per heavy atom. The number of carbonyl (C=O) groups is 3. The fourth-order valence-electron chi connectivity index (χ4n) is 3.44. The van der Waals surface area contributed by atoms with Crippen LogP contribution in [-0.2, 0) is 27.1 Å². The second-order valence-electron chi connectivity index (χ2n) is 6.83. The number of esters is 3. The minimum absolute atomic E-state index is 0.154. The first-order valence-corrected chi connectivity index (χ1v) is 11.4. The number of methoxy groups -OCH3 is 1. The van der Waals surface area contributed by atoms with Gasteiger partial charge in [-0.1, -0.05) is 0 Å². The third-order valence-corrected chi connectivity index (χ3v) is 6.22. The van der Waals surface area contributed by atoms with Gasteiger partial charge in [-0.3, -0.25) is 0 Å². The lowest BCUT2D eigenvalue weighted by Gasteiger charge is -2.15. The SMILES string of the molecule is CCOC(=O)c1ccc(C(=O)OCC)c(NC(=S)Nc2sc3c(c2C(=O)OC)CCC3)c1. The Balaban J connectivity index is 1.88. The van der Waals surface area contributed by atoms with E-state index in [-0.39, 0.29) is 35.1 Å². The molecule has 3 rings (SSSR count). The third-order valence-electron chi connectivity index (χ3n) is 4.81. The van der Waals surface area contributed by atoms with Crippen molar-refractivity contribution in [1.82, 2.24) is 0 Å². The Kier molecular flexibility index (Phi) is 7.81. The van der Waals surface area contributed by atoms with Gasteiger partial charge in [0.05, 0.1) is 42.7 Å². The van der Waals surface area contributed by atoms with Gasteiger partial charge in [-0.15, -0.1) is 11.3 Å². The van der Waals surface area contributed by atoms with Crippen LogP contribution >= 0.6 is 23.6 Å². The summed E-state index contributed by atoms with van der Waals surface area (Å²) in [4.78, 5) is 38.0. The molecule has 0 bridgehead atoms. The zero-order valence-corrected chi connectivity index (χ0v) is 19.7. The lowest BCUT2D eigenvalue weighted by Crippen LogP contribution is -2.22. The maximum atomic E-state index is 12.4. The molecule has 1 heterocycles. The molecule has 1 aliphatic rings. The van der Waals surface area contributed by atoms with Crippen LogP contribution in [0.4, 0.5) is 10.7 Å². The Labute approximate surface area is 195 Å². The molecule has 0 saturated carbocycles. The highest BCUT2D eigenvalue weighted by Gasteiger charge is 2.28. The topological polar surface area (TPSA) is 103 Å². The van der Waals surface area contributed by atoms with Gasteiger partial charge in [0.2, 0.25) is 0 Å². The van der Waals surface area contributed by atoms with Crippen LogP contribution in [-0.4, -0.2) is 43.3 Å². The number of aryl methyl sites for hydroxylation is 1. The van der Waals surface area contributed by atoms with Gasteiger partial charge in [-0.2, -0.15) is 0 Å². The van der Waals surface area contributed by atoms with Crippen LogP contribution < -0.4 is 10.6 Å². The van der Waals surface area contributed by atoms with Gasteiger partial charge in [0.1, 0.15) is 5.00 Å². The predicted octanol–water partition coefficient (Wildman–Crippen LogP) is 4.19. The average molecular weight is 477 g/mol. The van der Waals surface area contributed by atoms with Crippen molar-refractivity contribution in [2.24, 2.45) is 0 Å². The molecule has 2 aromatic rings. The third kappa shape index (κ3) is 5.08. The summed E-state index contributed by atoms with van der Waals surface area (Å²) in [6, 6.07) is 4.45. The van der Waals surface area contributed by atoms with Crippen LogP contribution in [0.3, 0.4) is 0 Å². The molecule has 0 unspecified atom stereocenters. The number of hydrogen-bond acceptors (Lipinski definition) is 8. The molecular weight excluding hydrogens is 452 g/mol. The molecule has 170 valence electrons. The van der Waals surface area contributed by atoms with E-state index in [4.69, 9.17) is 26.4 Å². The summed E-state index contributed by atoms with van der Waals surface area (Å²) < 4.78 is 15.1. The fourth-order valence-corrected chi connectivity index (χ4v) is 5.00. The predicted molar refractivity (Wildman–Crippen MR) is 126 cm³/mol. The van der Waals surface area contributed by atoms with Crippen molar-refractivity contribution in [3.8, 4) is 0 Å². The summed E-state index contributed by atoms with van der Waals surface area (Å²) in [5, 5.41) is 6.73. The van der Waals surface area contributed by atoms with Crippen LogP contribution in [0, 0.1) is 0 Å². The molecule has 0 radical (unpaired) electrons. The molecular formula is C22H24N2O6S2. The average Bonchev–Trinajstić information content (AvgIpc) is 3.34. The molecule has 1 aliphatic carbocycles. The molecule has 0 atom stereocenters. The Morgan fingerprint density at radius 1 is 1.03 bits per heavy atom. The van der Waals surface area contributed by atoms with Crippen molar-refractivity contribution < 1.29 is 28.6 Å². The van der Waals surface area contributed by atoms with Crippen molar-refractivity contribution in [2.45, 2.75) is 33.1 Å². The van der Waals surface area contributed by atoms with Crippen LogP contribution in [0.25, 0.3) is 0 Å². The lowest BCUT2D eigenvalue weighted by atomic mass is 10.1. The van der Waals surface area contributed by atoms with Gasteiger partial charge >= 0.3 is 17.9 Å². The molecule has 2 N–H and O–H groups in total. The number of thiophene rings is 1. The highest BCUT2D eigenvalue weighted by molar-refractivity contribution is 7.80. The molecule has 1 aromatic heterocycles. The quantitative estimate of drug-likeness (QED) is 0.346. The van der Waals surface area contributed by atoms with E-state index in [1.54, 1.807) is 13.8 Å². The van der Waals surface area contributed by atoms with Gasteiger partial charge in [0.15, 0.2) is 5.11 Å². The number of rotatable bonds is 7. The first-order chi connectivity index (χ1) is 15.4. The minimum atomic E-state index is -0.557. The number of nitrogens with one attached hydrogen (secondary N) is 2. The maximum absolute atomic E-state index is 12.4. The highest BCUT2D eigenvalue weighted by Crippen LogP contribution is 2.39. The second kappa shape index (κ2) is 10.6. The van der Waals surface area contributed by atoms with E-state index in [1.165, 1.54) is 36.6 Å². The Morgan fingerprint density at radius 3 is 2.44 bits per heavy atom. The summed E-state index contributed by atoms with van der Waals surface area (Å²) >= 11 is 6.90. The second-order valence-corrected chi connectivity index (χ2v) is 8.35. The highest BCUT2D eigenvalue weighted by atomic mass is 32.1. The zero-order chi connectivity index (χ0) is 23.3. The lowest BCUT2D eigenvalue weighted by molar-refractivity contribution is 0.0512. The van der Waals surface area contributed by atoms with E-state index in [0.29, 0.717) is 10.6 Å². The number of anilines is 2. The van der Waals surface area contributed by atoms with E-state index < -0.39 is 17.9 Å². The zero-order valence-electron chi connectivity index (χ0n) is 18.0. The molecule has 0 amide bonds. The Hall–Kier alpha value is -2.98. The molecule has 0 saturated heterocycles. The summed E-state index contributed by atoms with van der Waals surface area (Å²) in [7, 11) is 1.34. The molecule has 8 nitrogen and oxygen atoms in total. The van der Waals surface area contributed by atoms with Gasteiger partial charge in [-0.25, -0.2) is 14.4 Å². The standard InChI is InChI=1S/C22H24N2O6S2/c1-4-29-19(25)12-9-10-13(20(26)30-5-2)15(11-12)23-22(31)24-18-17(21(27)28-3)14-7-6-8-16(14)32-18/h9-11H,4-8H2,1-3H3,(H2,23,24,31). The fraction of sp³-hybridized carbons (Fsp3) is 0.364. The summed E-state index contributed by atoms with van der Waals surface area (Å²) in [6.07, 6.45) is 2.71. The van der Waals surface area contributed by atoms with Crippen LogP contribution in [0.1, 0.15) is 61.8 Å².